The van der Waals surface area contributed by atoms with Crippen LogP contribution in [0.1, 0.15) is 12.0 Å². The molecule has 0 saturated heterocycles. The first-order valence-corrected chi connectivity index (χ1v) is 6.74. The number of nitrogens with zero attached hydrogens (tertiary/aromatic N) is 2. The van der Waals surface area contributed by atoms with Gasteiger partial charge in [0.25, 0.3) is 0 Å². The molecule has 1 aromatic carbocycles. The average Bonchev–Trinajstić information content (AvgIpc) is 2.40. The second kappa shape index (κ2) is 4.70. The van der Waals surface area contributed by atoms with Crippen molar-refractivity contribution in [1.82, 2.24) is 4.31 Å². The van der Waals surface area contributed by atoms with Crippen molar-refractivity contribution in [2.45, 2.75) is 11.3 Å². The fourth-order valence-corrected chi connectivity index (χ4v) is 3.17. The molecule has 0 atom stereocenters. The van der Waals surface area contributed by atoms with Crippen LogP contribution in [0.5, 0.6) is 0 Å². The molecule has 1 heterocycles. The minimum atomic E-state index is -3.46. The molecule has 1 aromatic rings. The Labute approximate surface area is 101 Å². The van der Waals surface area contributed by atoms with Crippen molar-refractivity contribution in [1.29, 1.82) is 5.26 Å². The normalized spacial score (nSPS) is 16.6. The van der Waals surface area contributed by atoms with Crippen LogP contribution in [-0.4, -0.2) is 25.8 Å². The number of rotatable bonds is 2. The lowest BCUT2D eigenvalue weighted by atomic mass is 10.2. The third kappa shape index (κ3) is 2.38. The van der Waals surface area contributed by atoms with Crippen molar-refractivity contribution < 1.29 is 8.42 Å². The van der Waals surface area contributed by atoms with Gasteiger partial charge in [-0.25, -0.2) is 8.42 Å². The van der Waals surface area contributed by atoms with Gasteiger partial charge in [-0.1, -0.05) is 18.2 Å². The first kappa shape index (κ1) is 11.8. The van der Waals surface area contributed by atoms with E-state index in [1.54, 1.807) is 12.1 Å². The summed E-state index contributed by atoms with van der Waals surface area (Å²) in [5.74, 6) is 0. The minimum absolute atomic E-state index is 0.187. The van der Waals surface area contributed by atoms with Crippen LogP contribution < -0.4 is 0 Å². The van der Waals surface area contributed by atoms with Gasteiger partial charge in [-0.15, -0.1) is 0 Å². The summed E-state index contributed by atoms with van der Waals surface area (Å²) in [4.78, 5) is 0.187. The van der Waals surface area contributed by atoms with Gasteiger partial charge >= 0.3 is 0 Å². The van der Waals surface area contributed by atoms with E-state index in [1.165, 1.54) is 16.4 Å². The van der Waals surface area contributed by atoms with Gasteiger partial charge in [-0.2, -0.15) is 9.57 Å². The van der Waals surface area contributed by atoms with Crippen LogP contribution in [0.2, 0.25) is 0 Å². The summed E-state index contributed by atoms with van der Waals surface area (Å²) in [6.45, 7) is 0.898. The van der Waals surface area contributed by atoms with E-state index in [1.807, 2.05) is 18.2 Å². The van der Waals surface area contributed by atoms with Crippen LogP contribution >= 0.6 is 0 Å². The maximum atomic E-state index is 12.2. The molecule has 5 heteroatoms. The molecule has 0 amide bonds. The first-order valence-electron chi connectivity index (χ1n) is 5.30. The molecular weight excluding hydrogens is 236 g/mol. The van der Waals surface area contributed by atoms with Crippen molar-refractivity contribution in [3.8, 4) is 6.07 Å². The highest BCUT2D eigenvalue weighted by atomic mass is 32.2. The van der Waals surface area contributed by atoms with Gasteiger partial charge in [-0.05, 0) is 24.6 Å². The highest BCUT2D eigenvalue weighted by Gasteiger charge is 2.24. The Kier molecular flexibility index (Phi) is 3.27. The zero-order chi connectivity index (χ0) is 12.3. The van der Waals surface area contributed by atoms with Crippen LogP contribution in [0.3, 0.4) is 0 Å². The maximum absolute atomic E-state index is 12.2. The van der Waals surface area contributed by atoms with Crippen molar-refractivity contribution in [3.63, 3.8) is 0 Å². The van der Waals surface area contributed by atoms with E-state index < -0.39 is 10.0 Å². The SMILES string of the molecule is N#Cc1cccc(S(=O)(=O)N2CC=CCC2)c1. The Hall–Kier alpha value is -1.64. The summed E-state index contributed by atoms with van der Waals surface area (Å²) in [5.41, 5.74) is 0.360. The predicted molar refractivity (Wildman–Crippen MR) is 63.7 cm³/mol. The van der Waals surface area contributed by atoms with Gasteiger partial charge in [0.2, 0.25) is 10.0 Å². The van der Waals surface area contributed by atoms with Crippen molar-refractivity contribution in [2.24, 2.45) is 0 Å². The summed E-state index contributed by atoms with van der Waals surface area (Å²) < 4.78 is 25.9. The van der Waals surface area contributed by atoms with E-state index in [0.29, 0.717) is 18.7 Å². The lowest BCUT2D eigenvalue weighted by molar-refractivity contribution is 0.437. The number of hydrogen-bond donors (Lipinski definition) is 0. The average molecular weight is 248 g/mol. The molecule has 2 rings (SSSR count). The summed E-state index contributed by atoms with van der Waals surface area (Å²) in [6, 6.07) is 8.06. The molecule has 0 fully saturated rings. The summed E-state index contributed by atoms with van der Waals surface area (Å²) in [7, 11) is -3.46. The van der Waals surface area contributed by atoms with Gasteiger partial charge in [0.05, 0.1) is 16.5 Å². The Morgan fingerprint density at radius 1 is 1.29 bits per heavy atom. The second-order valence-electron chi connectivity index (χ2n) is 3.76. The summed E-state index contributed by atoms with van der Waals surface area (Å²) in [6.07, 6.45) is 4.55. The maximum Gasteiger partial charge on any atom is 0.243 e. The lowest BCUT2D eigenvalue weighted by Gasteiger charge is -2.22. The Morgan fingerprint density at radius 2 is 2.12 bits per heavy atom. The quantitative estimate of drug-likeness (QED) is 0.745. The third-order valence-corrected chi connectivity index (χ3v) is 4.48. The Balaban J connectivity index is 2.37. The van der Waals surface area contributed by atoms with E-state index in [0.717, 1.165) is 6.42 Å². The van der Waals surface area contributed by atoms with Crippen LogP contribution in [-0.2, 0) is 10.0 Å². The summed E-state index contributed by atoms with van der Waals surface area (Å²) in [5, 5.41) is 8.77. The van der Waals surface area contributed by atoms with E-state index in [9.17, 15) is 8.42 Å². The molecule has 0 spiro atoms. The standard InChI is InChI=1S/C12H12N2O2S/c13-10-11-5-4-6-12(9-11)17(15,16)14-7-2-1-3-8-14/h1-2,4-6,9H,3,7-8H2. The number of hydrogen-bond acceptors (Lipinski definition) is 3. The molecule has 0 bridgehead atoms. The molecule has 17 heavy (non-hydrogen) atoms. The molecule has 0 saturated carbocycles. The molecule has 0 radical (unpaired) electrons. The summed E-state index contributed by atoms with van der Waals surface area (Å²) >= 11 is 0. The topological polar surface area (TPSA) is 61.2 Å². The highest BCUT2D eigenvalue weighted by Crippen LogP contribution is 2.18. The Morgan fingerprint density at radius 3 is 2.76 bits per heavy atom. The molecule has 0 aliphatic carbocycles. The minimum Gasteiger partial charge on any atom is -0.207 e. The van der Waals surface area contributed by atoms with Crippen molar-refractivity contribution >= 4 is 10.0 Å². The van der Waals surface area contributed by atoms with Gasteiger partial charge in [0.1, 0.15) is 0 Å². The van der Waals surface area contributed by atoms with Crippen LogP contribution in [0, 0.1) is 11.3 Å². The smallest absolute Gasteiger partial charge is 0.207 e. The highest BCUT2D eigenvalue weighted by molar-refractivity contribution is 7.89. The van der Waals surface area contributed by atoms with E-state index in [-0.39, 0.29) is 4.90 Å². The molecule has 0 N–H and O–H groups in total. The van der Waals surface area contributed by atoms with Gasteiger partial charge in [0, 0.05) is 13.1 Å². The van der Waals surface area contributed by atoms with Crippen molar-refractivity contribution in [3.05, 3.63) is 42.0 Å². The Bertz CT molecular complexity index is 585. The zero-order valence-electron chi connectivity index (χ0n) is 9.20. The van der Waals surface area contributed by atoms with Gasteiger partial charge < -0.3 is 0 Å². The molecular formula is C12H12N2O2S. The third-order valence-electron chi connectivity index (χ3n) is 2.62. The molecule has 0 unspecified atom stereocenters. The molecule has 1 aliphatic rings. The number of sulfonamides is 1. The number of nitriles is 1. The van der Waals surface area contributed by atoms with Crippen LogP contribution in [0.25, 0.3) is 0 Å². The lowest BCUT2D eigenvalue weighted by Crippen LogP contribution is -2.33. The molecule has 88 valence electrons. The fourth-order valence-electron chi connectivity index (χ4n) is 1.71. The van der Waals surface area contributed by atoms with Crippen LogP contribution in [0.15, 0.2) is 41.3 Å². The van der Waals surface area contributed by atoms with Gasteiger partial charge in [-0.3, -0.25) is 0 Å². The first-order chi connectivity index (χ1) is 8.14. The van der Waals surface area contributed by atoms with Crippen LogP contribution in [0.4, 0.5) is 0 Å². The van der Waals surface area contributed by atoms with E-state index in [4.69, 9.17) is 5.26 Å². The monoisotopic (exact) mass is 248 g/mol. The molecule has 4 nitrogen and oxygen atoms in total. The van der Waals surface area contributed by atoms with Crippen molar-refractivity contribution in [2.75, 3.05) is 13.1 Å². The largest absolute Gasteiger partial charge is 0.243 e. The molecule has 0 aromatic heterocycles. The number of benzene rings is 1. The zero-order valence-corrected chi connectivity index (χ0v) is 10.0. The van der Waals surface area contributed by atoms with E-state index >= 15 is 0 Å². The van der Waals surface area contributed by atoms with E-state index in [2.05, 4.69) is 0 Å². The van der Waals surface area contributed by atoms with Gasteiger partial charge in [0.15, 0.2) is 0 Å². The second-order valence-corrected chi connectivity index (χ2v) is 5.70. The fraction of sp³-hybridized carbons (Fsp3) is 0.250. The predicted octanol–water partition coefficient (Wildman–Crippen LogP) is 1.51. The molecule has 1 aliphatic heterocycles.